The zero-order valence-corrected chi connectivity index (χ0v) is 15.9. The summed E-state index contributed by atoms with van der Waals surface area (Å²) in [4.78, 5) is 16.8. The standard InChI is InChI=1S/C21H21ClN4O/c1-16-7-8-18(22)13-20(16)24-21(27)17(14-23)15-25-9-11-26(12-10-25)19-5-3-2-4-6-19/h2-8,13,15H,9-12H2,1H3,(H,24,27)/b17-15-. The van der Waals surface area contributed by atoms with Crippen LogP contribution >= 0.6 is 11.6 Å². The average Bonchev–Trinajstić information content (AvgIpc) is 2.70. The summed E-state index contributed by atoms with van der Waals surface area (Å²) in [6, 6.07) is 17.5. The van der Waals surface area contributed by atoms with Gasteiger partial charge in [0.05, 0.1) is 0 Å². The number of amides is 1. The number of halogens is 1. The van der Waals surface area contributed by atoms with Crippen molar-refractivity contribution >= 4 is 28.9 Å². The van der Waals surface area contributed by atoms with Crippen molar-refractivity contribution in [3.05, 3.63) is 70.9 Å². The molecule has 3 rings (SSSR count). The van der Waals surface area contributed by atoms with Gasteiger partial charge in [0.15, 0.2) is 0 Å². The minimum atomic E-state index is -0.423. The maximum absolute atomic E-state index is 12.5. The Morgan fingerprint density at radius 1 is 1.15 bits per heavy atom. The molecule has 1 saturated heterocycles. The van der Waals surface area contributed by atoms with Crippen molar-refractivity contribution in [2.24, 2.45) is 0 Å². The second-order valence-electron chi connectivity index (χ2n) is 6.43. The third kappa shape index (κ3) is 4.81. The van der Waals surface area contributed by atoms with E-state index in [4.69, 9.17) is 11.6 Å². The molecule has 1 heterocycles. The Bertz CT molecular complexity index is 881. The van der Waals surface area contributed by atoms with Gasteiger partial charge < -0.3 is 15.1 Å². The number of hydrogen-bond acceptors (Lipinski definition) is 4. The maximum Gasteiger partial charge on any atom is 0.267 e. The van der Waals surface area contributed by atoms with E-state index in [1.54, 1.807) is 18.3 Å². The second-order valence-corrected chi connectivity index (χ2v) is 6.86. The first-order valence-corrected chi connectivity index (χ1v) is 9.18. The summed E-state index contributed by atoms with van der Waals surface area (Å²) in [5.41, 5.74) is 2.78. The van der Waals surface area contributed by atoms with E-state index in [-0.39, 0.29) is 5.57 Å². The van der Waals surface area contributed by atoms with E-state index in [9.17, 15) is 10.1 Å². The normalized spacial score (nSPS) is 14.6. The molecular formula is C21H21ClN4O. The van der Waals surface area contributed by atoms with Crippen molar-refractivity contribution < 1.29 is 4.79 Å². The third-order valence-corrected chi connectivity index (χ3v) is 4.80. The highest BCUT2D eigenvalue weighted by molar-refractivity contribution is 6.31. The molecule has 0 unspecified atom stereocenters. The molecule has 1 aliphatic rings. The lowest BCUT2D eigenvalue weighted by Gasteiger charge is -2.35. The second kappa shape index (κ2) is 8.61. The van der Waals surface area contributed by atoms with Crippen LogP contribution in [0.5, 0.6) is 0 Å². The summed E-state index contributed by atoms with van der Waals surface area (Å²) in [5, 5.41) is 12.7. The molecule has 0 spiro atoms. The molecule has 1 fully saturated rings. The molecule has 1 aliphatic heterocycles. The number of nitrogens with one attached hydrogen (secondary N) is 1. The first-order valence-electron chi connectivity index (χ1n) is 8.80. The third-order valence-electron chi connectivity index (χ3n) is 4.56. The van der Waals surface area contributed by atoms with Crippen molar-refractivity contribution in [3.8, 4) is 6.07 Å². The van der Waals surface area contributed by atoms with E-state index in [2.05, 4.69) is 22.3 Å². The number of carbonyl (C=O) groups is 1. The van der Waals surface area contributed by atoms with Crippen LogP contribution in [-0.2, 0) is 4.79 Å². The van der Waals surface area contributed by atoms with Gasteiger partial charge in [0.25, 0.3) is 5.91 Å². The summed E-state index contributed by atoms with van der Waals surface area (Å²) in [7, 11) is 0. The van der Waals surface area contributed by atoms with Crippen LogP contribution in [0.2, 0.25) is 5.02 Å². The molecule has 0 radical (unpaired) electrons. The maximum atomic E-state index is 12.5. The summed E-state index contributed by atoms with van der Waals surface area (Å²) in [6.45, 7) is 5.07. The van der Waals surface area contributed by atoms with E-state index < -0.39 is 5.91 Å². The van der Waals surface area contributed by atoms with Crippen molar-refractivity contribution in [1.29, 1.82) is 5.26 Å². The monoisotopic (exact) mass is 380 g/mol. The van der Waals surface area contributed by atoms with Gasteiger partial charge in [0.1, 0.15) is 11.6 Å². The van der Waals surface area contributed by atoms with Crippen molar-refractivity contribution in [2.75, 3.05) is 36.4 Å². The van der Waals surface area contributed by atoms with Gasteiger partial charge in [0.2, 0.25) is 0 Å². The smallest absolute Gasteiger partial charge is 0.267 e. The number of anilines is 2. The lowest BCUT2D eigenvalue weighted by atomic mass is 10.2. The zero-order chi connectivity index (χ0) is 19.2. The molecule has 5 nitrogen and oxygen atoms in total. The Morgan fingerprint density at radius 2 is 1.85 bits per heavy atom. The average molecular weight is 381 g/mol. The van der Waals surface area contributed by atoms with Crippen LogP contribution in [0.4, 0.5) is 11.4 Å². The minimum Gasteiger partial charge on any atom is -0.373 e. The lowest BCUT2D eigenvalue weighted by molar-refractivity contribution is -0.112. The summed E-state index contributed by atoms with van der Waals surface area (Å²) >= 11 is 5.99. The molecule has 0 atom stereocenters. The van der Waals surface area contributed by atoms with Crippen LogP contribution in [0.1, 0.15) is 5.56 Å². The van der Waals surface area contributed by atoms with Crippen LogP contribution in [0, 0.1) is 18.3 Å². The van der Waals surface area contributed by atoms with E-state index in [1.807, 2.05) is 42.2 Å². The number of para-hydroxylation sites is 1. The Labute approximate surface area is 164 Å². The number of hydrogen-bond donors (Lipinski definition) is 1. The van der Waals surface area contributed by atoms with Gasteiger partial charge >= 0.3 is 0 Å². The molecule has 0 aliphatic carbocycles. The number of rotatable bonds is 4. The first kappa shape index (κ1) is 18.8. The van der Waals surface area contributed by atoms with E-state index >= 15 is 0 Å². The SMILES string of the molecule is Cc1ccc(Cl)cc1NC(=O)/C(C#N)=C\N1CCN(c2ccccc2)CC1. The number of piperazine rings is 1. The Hall–Kier alpha value is -2.97. The molecule has 0 bridgehead atoms. The molecule has 6 heteroatoms. The lowest BCUT2D eigenvalue weighted by Crippen LogP contribution is -2.44. The summed E-state index contributed by atoms with van der Waals surface area (Å²) in [6.07, 6.45) is 1.65. The number of nitrogens with zero attached hydrogens (tertiary/aromatic N) is 3. The highest BCUT2D eigenvalue weighted by atomic mass is 35.5. The minimum absolute atomic E-state index is 0.0857. The van der Waals surface area contributed by atoms with E-state index in [0.717, 1.165) is 31.7 Å². The first-order chi connectivity index (χ1) is 13.1. The Balaban J connectivity index is 1.64. The molecule has 2 aromatic rings. The molecule has 1 N–H and O–H groups in total. The molecule has 2 aromatic carbocycles. The summed E-state index contributed by atoms with van der Waals surface area (Å²) in [5.74, 6) is -0.423. The predicted molar refractivity (Wildman–Crippen MR) is 109 cm³/mol. The van der Waals surface area contributed by atoms with Gasteiger partial charge in [-0.1, -0.05) is 35.9 Å². The molecule has 27 heavy (non-hydrogen) atoms. The van der Waals surface area contributed by atoms with Gasteiger partial charge in [-0.15, -0.1) is 0 Å². The van der Waals surface area contributed by atoms with Gasteiger partial charge in [-0.05, 0) is 36.8 Å². The van der Waals surface area contributed by atoms with Crippen molar-refractivity contribution in [2.45, 2.75) is 6.92 Å². The highest BCUT2D eigenvalue weighted by Crippen LogP contribution is 2.21. The van der Waals surface area contributed by atoms with E-state index in [1.165, 1.54) is 5.69 Å². The van der Waals surface area contributed by atoms with Crippen LogP contribution in [-0.4, -0.2) is 37.0 Å². The van der Waals surface area contributed by atoms with Crippen molar-refractivity contribution in [1.82, 2.24) is 4.90 Å². The predicted octanol–water partition coefficient (Wildman–Crippen LogP) is 3.82. The highest BCUT2D eigenvalue weighted by Gasteiger charge is 2.18. The summed E-state index contributed by atoms with van der Waals surface area (Å²) < 4.78 is 0. The van der Waals surface area contributed by atoms with Crippen molar-refractivity contribution in [3.63, 3.8) is 0 Å². The molecular weight excluding hydrogens is 360 g/mol. The van der Waals surface area contributed by atoms with Crippen LogP contribution < -0.4 is 10.2 Å². The Morgan fingerprint density at radius 3 is 2.52 bits per heavy atom. The van der Waals surface area contributed by atoms with E-state index in [0.29, 0.717) is 10.7 Å². The van der Waals surface area contributed by atoms with Gasteiger partial charge in [0, 0.05) is 48.8 Å². The van der Waals surface area contributed by atoms with Crippen LogP contribution in [0.25, 0.3) is 0 Å². The fourth-order valence-corrected chi connectivity index (χ4v) is 3.16. The largest absolute Gasteiger partial charge is 0.373 e. The van der Waals surface area contributed by atoms with Gasteiger partial charge in [-0.2, -0.15) is 5.26 Å². The number of nitriles is 1. The molecule has 138 valence electrons. The number of benzene rings is 2. The van der Waals surface area contributed by atoms with Crippen LogP contribution in [0.15, 0.2) is 60.3 Å². The number of carbonyl (C=O) groups excluding carboxylic acids is 1. The number of aryl methyl sites for hydroxylation is 1. The van der Waals surface area contributed by atoms with Gasteiger partial charge in [-0.3, -0.25) is 4.79 Å². The van der Waals surface area contributed by atoms with Gasteiger partial charge in [-0.25, -0.2) is 0 Å². The zero-order valence-electron chi connectivity index (χ0n) is 15.2. The molecule has 0 aromatic heterocycles. The quantitative estimate of drug-likeness (QED) is 0.647. The fraction of sp³-hybridized carbons (Fsp3) is 0.238. The molecule has 1 amide bonds. The fourth-order valence-electron chi connectivity index (χ4n) is 2.99. The Kier molecular flexibility index (Phi) is 6.00. The topological polar surface area (TPSA) is 59.4 Å². The molecule has 0 saturated carbocycles. The van der Waals surface area contributed by atoms with Crippen LogP contribution in [0.3, 0.4) is 0 Å².